The van der Waals surface area contributed by atoms with Crippen LogP contribution in [0.4, 0.5) is 4.39 Å². The molecule has 0 aromatic heterocycles. The van der Waals surface area contributed by atoms with Gasteiger partial charge in [0.05, 0.1) is 5.56 Å². The largest absolute Gasteiger partial charge is 0.384 e. The van der Waals surface area contributed by atoms with Gasteiger partial charge in [-0.3, -0.25) is 4.90 Å². The van der Waals surface area contributed by atoms with Gasteiger partial charge in [-0.15, -0.1) is 0 Å². The summed E-state index contributed by atoms with van der Waals surface area (Å²) in [5.41, 5.74) is 1.45. The van der Waals surface area contributed by atoms with Gasteiger partial charge in [0.1, 0.15) is 12.4 Å². The van der Waals surface area contributed by atoms with E-state index >= 15 is 0 Å². The van der Waals surface area contributed by atoms with Crippen molar-refractivity contribution < 1.29 is 9.50 Å². The maximum Gasteiger partial charge on any atom is 0.138 e. The van der Waals surface area contributed by atoms with E-state index in [9.17, 15) is 4.39 Å². The van der Waals surface area contributed by atoms with Crippen LogP contribution < -0.4 is 0 Å². The number of nitrogens with zero attached hydrogens (tertiary/aromatic N) is 1. The van der Waals surface area contributed by atoms with E-state index in [-0.39, 0.29) is 12.4 Å². The summed E-state index contributed by atoms with van der Waals surface area (Å²) >= 11 is 0. The zero-order valence-corrected chi connectivity index (χ0v) is 10.6. The molecule has 1 aromatic carbocycles. The molecule has 2 nitrogen and oxygen atoms in total. The summed E-state index contributed by atoms with van der Waals surface area (Å²) in [5, 5.41) is 8.65. The predicted molar refractivity (Wildman–Crippen MR) is 69.5 cm³/mol. The second-order valence-electron chi connectivity index (χ2n) is 4.57. The molecule has 3 heteroatoms. The van der Waals surface area contributed by atoms with Gasteiger partial charge in [-0.25, -0.2) is 4.39 Å². The number of halogens is 1. The lowest BCUT2D eigenvalue weighted by Crippen LogP contribution is -2.25. The zero-order chi connectivity index (χ0) is 13.0. The first kappa shape index (κ1) is 13.1. The van der Waals surface area contributed by atoms with Crippen molar-refractivity contribution in [1.29, 1.82) is 0 Å². The average molecular weight is 247 g/mol. The van der Waals surface area contributed by atoms with Crippen molar-refractivity contribution in [3.8, 4) is 11.8 Å². The van der Waals surface area contributed by atoms with E-state index in [4.69, 9.17) is 5.11 Å². The summed E-state index contributed by atoms with van der Waals surface area (Å²) in [7, 11) is 0. The van der Waals surface area contributed by atoms with Gasteiger partial charge in [-0.05, 0) is 37.1 Å². The highest BCUT2D eigenvalue weighted by Crippen LogP contribution is 2.28. The first-order chi connectivity index (χ1) is 8.74. The summed E-state index contributed by atoms with van der Waals surface area (Å²) < 4.78 is 13.5. The second-order valence-corrected chi connectivity index (χ2v) is 4.57. The Bertz CT molecular complexity index is 471. The highest BCUT2D eigenvalue weighted by Gasteiger charge is 2.27. The highest BCUT2D eigenvalue weighted by atomic mass is 19.1. The summed E-state index contributed by atoms with van der Waals surface area (Å²) in [4.78, 5) is 2.40. The normalized spacial score (nSPS) is 14.4. The van der Waals surface area contributed by atoms with E-state index in [0.29, 0.717) is 11.6 Å². The lowest BCUT2D eigenvalue weighted by Gasteiger charge is -2.19. The lowest BCUT2D eigenvalue weighted by atomic mass is 10.1. The molecule has 1 N–H and O–H groups in total. The Kier molecular flexibility index (Phi) is 4.35. The van der Waals surface area contributed by atoms with Gasteiger partial charge >= 0.3 is 0 Å². The molecule has 2 rings (SSSR count). The molecule has 1 aliphatic rings. The van der Waals surface area contributed by atoms with E-state index in [1.807, 2.05) is 6.07 Å². The molecule has 1 fully saturated rings. The van der Waals surface area contributed by atoms with Crippen molar-refractivity contribution in [2.45, 2.75) is 32.4 Å². The number of hydrogen-bond donors (Lipinski definition) is 1. The van der Waals surface area contributed by atoms with Gasteiger partial charge in [-0.2, -0.15) is 0 Å². The van der Waals surface area contributed by atoms with Gasteiger partial charge in [0.25, 0.3) is 0 Å². The molecule has 0 amide bonds. The minimum absolute atomic E-state index is 0.243. The number of benzene rings is 1. The Labute approximate surface area is 107 Å². The van der Waals surface area contributed by atoms with Crippen LogP contribution in [0.5, 0.6) is 0 Å². The Hall–Kier alpha value is -1.37. The van der Waals surface area contributed by atoms with E-state index in [0.717, 1.165) is 18.7 Å². The molecular formula is C15H18FNO. The molecule has 0 bridgehead atoms. The van der Waals surface area contributed by atoms with E-state index in [1.165, 1.54) is 18.9 Å². The van der Waals surface area contributed by atoms with Crippen LogP contribution in [-0.4, -0.2) is 29.2 Å². The molecule has 1 saturated carbocycles. The van der Waals surface area contributed by atoms with Crippen LogP contribution in [0, 0.1) is 17.7 Å². The summed E-state index contributed by atoms with van der Waals surface area (Å²) in [5.74, 6) is 4.81. The fourth-order valence-electron chi connectivity index (χ4n) is 2.07. The molecule has 96 valence electrons. The molecule has 18 heavy (non-hydrogen) atoms. The first-order valence-corrected chi connectivity index (χ1v) is 6.36. The van der Waals surface area contributed by atoms with Crippen molar-refractivity contribution in [3.05, 3.63) is 35.1 Å². The van der Waals surface area contributed by atoms with Crippen LogP contribution >= 0.6 is 0 Å². The lowest BCUT2D eigenvalue weighted by molar-refractivity contribution is 0.269. The Morgan fingerprint density at radius 2 is 2.22 bits per heavy atom. The third kappa shape index (κ3) is 3.32. The molecule has 0 heterocycles. The molecule has 0 saturated heterocycles. The van der Waals surface area contributed by atoms with E-state index in [1.54, 1.807) is 6.07 Å². The molecule has 1 aliphatic carbocycles. The summed E-state index contributed by atoms with van der Waals surface area (Å²) in [6.45, 7) is 3.76. The minimum atomic E-state index is -0.325. The van der Waals surface area contributed by atoms with Gasteiger partial charge in [-0.1, -0.05) is 24.8 Å². The van der Waals surface area contributed by atoms with E-state index in [2.05, 4.69) is 23.7 Å². The van der Waals surface area contributed by atoms with Gasteiger partial charge in [0.15, 0.2) is 0 Å². The van der Waals surface area contributed by atoms with Crippen molar-refractivity contribution in [3.63, 3.8) is 0 Å². The van der Waals surface area contributed by atoms with Crippen molar-refractivity contribution in [1.82, 2.24) is 4.90 Å². The van der Waals surface area contributed by atoms with Crippen LogP contribution in [0.15, 0.2) is 18.2 Å². The van der Waals surface area contributed by atoms with Crippen LogP contribution in [0.2, 0.25) is 0 Å². The van der Waals surface area contributed by atoms with Crippen molar-refractivity contribution >= 4 is 0 Å². The summed E-state index contributed by atoms with van der Waals surface area (Å²) in [6.07, 6.45) is 2.54. The Morgan fingerprint density at radius 3 is 2.83 bits per heavy atom. The Morgan fingerprint density at radius 1 is 1.44 bits per heavy atom. The standard InChI is InChI=1S/C15H18FNO/c1-2-17(14-6-7-14)11-12-5-8-15(16)13(10-12)4-3-9-18/h5,8,10,14,18H,2,6-7,9,11H2,1H3. The van der Waals surface area contributed by atoms with Crippen LogP contribution in [0.25, 0.3) is 0 Å². The van der Waals surface area contributed by atoms with Crippen molar-refractivity contribution in [2.24, 2.45) is 0 Å². The third-order valence-corrected chi connectivity index (χ3v) is 3.19. The SMILES string of the molecule is CCN(Cc1ccc(F)c(C#CCO)c1)C1CC1. The number of aliphatic hydroxyl groups is 1. The monoisotopic (exact) mass is 247 g/mol. The van der Waals surface area contributed by atoms with Gasteiger partial charge in [0, 0.05) is 12.6 Å². The number of aliphatic hydroxyl groups excluding tert-OH is 1. The minimum Gasteiger partial charge on any atom is -0.384 e. The fraction of sp³-hybridized carbons (Fsp3) is 0.467. The molecule has 0 aliphatic heterocycles. The second kappa shape index (κ2) is 5.99. The third-order valence-electron chi connectivity index (χ3n) is 3.19. The van der Waals surface area contributed by atoms with Crippen LogP contribution in [0.1, 0.15) is 30.9 Å². The molecule has 0 radical (unpaired) electrons. The molecule has 0 atom stereocenters. The fourth-order valence-corrected chi connectivity index (χ4v) is 2.07. The van der Waals surface area contributed by atoms with Crippen molar-refractivity contribution in [2.75, 3.05) is 13.2 Å². The topological polar surface area (TPSA) is 23.5 Å². The van der Waals surface area contributed by atoms with Gasteiger partial charge in [0.2, 0.25) is 0 Å². The molecule has 0 spiro atoms. The smallest absolute Gasteiger partial charge is 0.138 e. The zero-order valence-electron chi connectivity index (χ0n) is 10.6. The molecule has 0 unspecified atom stereocenters. The highest BCUT2D eigenvalue weighted by molar-refractivity contribution is 5.38. The summed E-state index contributed by atoms with van der Waals surface area (Å²) in [6, 6.07) is 5.75. The van der Waals surface area contributed by atoms with Crippen LogP contribution in [-0.2, 0) is 6.54 Å². The average Bonchev–Trinajstić information content (AvgIpc) is 3.20. The number of rotatable bonds is 4. The molecule has 1 aromatic rings. The Balaban J connectivity index is 2.12. The quantitative estimate of drug-likeness (QED) is 0.824. The maximum atomic E-state index is 13.5. The predicted octanol–water partition coefficient (Wildman–Crippen LogP) is 2.15. The maximum absolute atomic E-state index is 13.5. The first-order valence-electron chi connectivity index (χ1n) is 6.36. The number of hydrogen-bond acceptors (Lipinski definition) is 2. The van der Waals surface area contributed by atoms with Crippen LogP contribution in [0.3, 0.4) is 0 Å². The van der Waals surface area contributed by atoms with Gasteiger partial charge < -0.3 is 5.11 Å². The van der Waals surface area contributed by atoms with E-state index < -0.39 is 0 Å². The molecular weight excluding hydrogens is 229 g/mol.